The molecule has 1 fully saturated rings. The molecule has 1 aliphatic heterocycles. The number of nitrogens with one attached hydrogen (secondary N) is 3. The number of thiocarbonyl (C=S) groups is 1. The van der Waals surface area contributed by atoms with Crippen LogP contribution in [0.4, 0.5) is 11.4 Å². The highest BCUT2D eigenvalue weighted by Crippen LogP contribution is 2.22. The third kappa shape index (κ3) is 4.96. The van der Waals surface area contributed by atoms with E-state index in [2.05, 4.69) is 22.0 Å². The summed E-state index contributed by atoms with van der Waals surface area (Å²) >= 11 is 5.20. The van der Waals surface area contributed by atoms with E-state index in [1.165, 1.54) is 0 Å². The summed E-state index contributed by atoms with van der Waals surface area (Å²) < 4.78 is 0. The first-order valence-corrected chi connectivity index (χ1v) is 8.23. The smallest absolute Gasteiger partial charge is 0.242 e. The molecule has 1 aromatic rings. The molecule has 1 saturated heterocycles. The number of benzene rings is 1. The Kier molecular flexibility index (Phi) is 6.15. The number of carbonyl (C=O) groups is 1. The van der Waals surface area contributed by atoms with Gasteiger partial charge in [0.15, 0.2) is 0 Å². The van der Waals surface area contributed by atoms with Crippen LogP contribution >= 0.6 is 12.2 Å². The molecule has 6 nitrogen and oxygen atoms in total. The van der Waals surface area contributed by atoms with Crippen molar-refractivity contribution in [2.24, 2.45) is 5.73 Å². The van der Waals surface area contributed by atoms with Crippen LogP contribution in [0.3, 0.4) is 0 Å². The van der Waals surface area contributed by atoms with Gasteiger partial charge in [-0.2, -0.15) is 5.26 Å². The predicted octanol–water partition coefficient (Wildman–Crippen LogP) is 2.24. The first-order chi connectivity index (χ1) is 11.5. The van der Waals surface area contributed by atoms with E-state index in [1.807, 2.05) is 0 Å². The molecular formula is C17H21N5OS. The van der Waals surface area contributed by atoms with E-state index in [0.717, 1.165) is 31.5 Å². The monoisotopic (exact) mass is 343 g/mol. The minimum Gasteiger partial charge on any atom is -0.402 e. The van der Waals surface area contributed by atoms with Crippen molar-refractivity contribution in [2.75, 3.05) is 17.2 Å². The lowest BCUT2D eigenvalue weighted by molar-refractivity contribution is -0.121. The molecule has 0 spiro atoms. The van der Waals surface area contributed by atoms with Crippen molar-refractivity contribution in [1.29, 1.82) is 5.26 Å². The molecule has 0 aliphatic carbocycles. The third-order valence-corrected chi connectivity index (χ3v) is 3.85. The van der Waals surface area contributed by atoms with Gasteiger partial charge in [0.05, 0.1) is 11.3 Å². The number of hydrogen-bond acceptors (Lipinski definition) is 5. The fourth-order valence-electron chi connectivity index (χ4n) is 2.49. The molecule has 0 bridgehead atoms. The Morgan fingerprint density at radius 2 is 2.29 bits per heavy atom. The molecule has 2 rings (SSSR count). The Bertz CT molecular complexity index is 703. The summed E-state index contributed by atoms with van der Waals surface area (Å²) in [5.41, 5.74) is 8.00. The molecule has 1 aromatic carbocycles. The number of carbonyl (C=O) groups excluding carboxylic acids is 1. The van der Waals surface area contributed by atoms with Gasteiger partial charge in [0.2, 0.25) is 5.91 Å². The maximum Gasteiger partial charge on any atom is 0.242 e. The van der Waals surface area contributed by atoms with E-state index in [9.17, 15) is 10.1 Å². The fourth-order valence-corrected chi connectivity index (χ4v) is 2.78. The summed E-state index contributed by atoms with van der Waals surface area (Å²) in [6.07, 6.45) is 4.38. The van der Waals surface area contributed by atoms with Crippen LogP contribution in [0.15, 0.2) is 30.0 Å². The van der Waals surface area contributed by atoms with Crippen molar-refractivity contribution in [2.45, 2.75) is 32.2 Å². The molecular weight excluding hydrogens is 322 g/mol. The molecule has 5 N–H and O–H groups in total. The van der Waals surface area contributed by atoms with Crippen molar-refractivity contribution in [3.8, 4) is 6.07 Å². The highest BCUT2D eigenvalue weighted by atomic mass is 32.1. The highest BCUT2D eigenvalue weighted by molar-refractivity contribution is 7.81. The number of anilines is 2. The van der Waals surface area contributed by atoms with Crippen LogP contribution in [0, 0.1) is 11.3 Å². The topological polar surface area (TPSA) is 103 Å². The number of nitrogens with two attached hydrogens (primary N) is 1. The van der Waals surface area contributed by atoms with Gasteiger partial charge in [0.1, 0.15) is 17.1 Å². The summed E-state index contributed by atoms with van der Waals surface area (Å²) in [5.74, 6) is 0.00331. The lowest BCUT2D eigenvalue weighted by Gasteiger charge is -2.18. The van der Waals surface area contributed by atoms with Gasteiger partial charge in [-0.3, -0.25) is 4.79 Å². The van der Waals surface area contributed by atoms with Crippen molar-refractivity contribution in [3.05, 3.63) is 35.5 Å². The van der Waals surface area contributed by atoms with Gasteiger partial charge in [0, 0.05) is 17.9 Å². The second kappa shape index (κ2) is 8.31. The fraction of sp³-hybridized carbons (Fsp3) is 0.353. The lowest BCUT2D eigenvalue weighted by Crippen LogP contribution is -2.37. The summed E-state index contributed by atoms with van der Waals surface area (Å²) in [5, 5.41) is 18.4. The van der Waals surface area contributed by atoms with Crippen molar-refractivity contribution >= 4 is 34.5 Å². The Hall–Kier alpha value is -2.59. The van der Waals surface area contributed by atoms with E-state index in [4.69, 9.17) is 18.0 Å². The van der Waals surface area contributed by atoms with Gasteiger partial charge >= 0.3 is 0 Å². The average molecular weight is 343 g/mol. The number of rotatable bonds is 4. The minimum atomic E-state index is -0.272. The summed E-state index contributed by atoms with van der Waals surface area (Å²) in [7, 11) is 0. The molecule has 0 aromatic heterocycles. The number of allylic oxidation sites excluding steroid dienone is 1. The largest absolute Gasteiger partial charge is 0.402 e. The van der Waals surface area contributed by atoms with E-state index < -0.39 is 0 Å². The van der Waals surface area contributed by atoms with Crippen molar-refractivity contribution in [3.63, 3.8) is 0 Å². The maximum absolute atomic E-state index is 12.0. The SMILES string of the molecule is CC(N)=CC(=S)Nc1cc(NC2CCCCNC2=O)ccc1C#N. The van der Waals surface area contributed by atoms with Crippen LogP contribution in [-0.2, 0) is 4.79 Å². The molecule has 126 valence electrons. The van der Waals surface area contributed by atoms with Gasteiger partial charge in [-0.1, -0.05) is 12.2 Å². The van der Waals surface area contributed by atoms with Crippen LogP contribution in [0.5, 0.6) is 0 Å². The average Bonchev–Trinajstić information content (AvgIpc) is 2.72. The van der Waals surface area contributed by atoms with E-state index in [-0.39, 0.29) is 11.9 Å². The molecule has 1 atom stereocenters. The highest BCUT2D eigenvalue weighted by Gasteiger charge is 2.20. The number of nitriles is 1. The van der Waals surface area contributed by atoms with Gasteiger partial charge in [0.25, 0.3) is 0 Å². The lowest BCUT2D eigenvalue weighted by atomic mass is 10.1. The maximum atomic E-state index is 12.0. The molecule has 1 unspecified atom stereocenters. The number of nitrogens with zero attached hydrogens (tertiary/aromatic N) is 1. The number of hydrogen-bond donors (Lipinski definition) is 4. The molecule has 24 heavy (non-hydrogen) atoms. The second-order valence-corrected chi connectivity index (χ2v) is 6.17. The normalized spacial score (nSPS) is 18.1. The second-order valence-electron chi connectivity index (χ2n) is 5.73. The minimum absolute atomic E-state index is 0.00331. The van der Waals surface area contributed by atoms with Crippen molar-refractivity contribution < 1.29 is 4.79 Å². The van der Waals surface area contributed by atoms with Crippen LogP contribution in [0.25, 0.3) is 0 Å². The third-order valence-electron chi connectivity index (χ3n) is 3.63. The van der Waals surface area contributed by atoms with E-state index in [1.54, 1.807) is 31.2 Å². The summed E-state index contributed by atoms with van der Waals surface area (Å²) in [6, 6.07) is 7.11. The van der Waals surface area contributed by atoms with E-state index >= 15 is 0 Å². The van der Waals surface area contributed by atoms with Crippen molar-refractivity contribution in [1.82, 2.24) is 5.32 Å². The zero-order chi connectivity index (χ0) is 17.5. The zero-order valence-electron chi connectivity index (χ0n) is 13.6. The van der Waals surface area contributed by atoms with Gasteiger partial charge < -0.3 is 21.7 Å². The molecule has 0 saturated carbocycles. The summed E-state index contributed by atoms with van der Waals surface area (Å²) in [6.45, 7) is 2.46. The first-order valence-electron chi connectivity index (χ1n) is 7.83. The van der Waals surface area contributed by atoms with Gasteiger partial charge in [-0.15, -0.1) is 0 Å². The van der Waals surface area contributed by atoms with Crippen LogP contribution in [-0.4, -0.2) is 23.5 Å². The van der Waals surface area contributed by atoms with Crippen LogP contribution in [0.2, 0.25) is 0 Å². The molecule has 7 heteroatoms. The quantitative estimate of drug-likeness (QED) is 0.494. The first kappa shape index (κ1) is 17.8. The summed E-state index contributed by atoms with van der Waals surface area (Å²) in [4.78, 5) is 12.5. The van der Waals surface area contributed by atoms with E-state index in [0.29, 0.717) is 21.9 Å². The molecule has 1 aliphatic rings. The Morgan fingerprint density at radius 3 is 3.00 bits per heavy atom. The Morgan fingerprint density at radius 1 is 1.50 bits per heavy atom. The van der Waals surface area contributed by atoms with Crippen LogP contribution in [0.1, 0.15) is 31.7 Å². The molecule has 1 heterocycles. The molecule has 0 radical (unpaired) electrons. The van der Waals surface area contributed by atoms with Gasteiger partial charge in [-0.05, 0) is 50.5 Å². The van der Waals surface area contributed by atoms with Crippen LogP contribution < -0.4 is 21.7 Å². The molecule has 1 amide bonds. The zero-order valence-corrected chi connectivity index (χ0v) is 14.4. The number of amides is 1. The Balaban J connectivity index is 2.18. The standard InChI is InChI=1S/C17H21N5OS/c1-11(19)8-16(24)22-15-9-13(6-5-12(15)10-18)21-14-4-2-3-7-20-17(14)23/h5-6,8-9,14,21H,2-4,7,19H2,1H3,(H,20,23)(H,22,24). The van der Waals surface area contributed by atoms with Gasteiger partial charge in [-0.25, -0.2) is 0 Å². The predicted molar refractivity (Wildman–Crippen MR) is 99.6 cm³/mol. The Labute approximate surface area is 147 Å².